The minimum absolute atomic E-state index is 0.0232. The van der Waals surface area contributed by atoms with Crippen LogP contribution in [0.5, 0.6) is 5.75 Å². The number of rotatable bonds is 19. The van der Waals surface area contributed by atoms with Crippen LogP contribution in [0, 0.1) is 0 Å². The highest BCUT2D eigenvalue weighted by molar-refractivity contribution is 7.80. The summed E-state index contributed by atoms with van der Waals surface area (Å²) in [5.74, 6) is -1.11. The predicted octanol–water partition coefficient (Wildman–Crippen LogP) is 0.444. The predicted molar refractivity (Wildman–Crippen MR) is 214 cm³/mol. The first kappa shape index (κ1) is 46.3. The van der Waals surface area contributed by atoms with E-state index in [1.807, 2.05) is 4.98 Å². The van der Waals surface area contributed by atoms with Crippen molar-refractivity contribution in [2.75, 3.05) is 51.5 Å². The Hall–Kier alpha value is -5.17. The van der Waals surface area contributed by atoms with Crippen LogP contribution in [0.1, 0.15) is 16.6 Å². The van der Waals surface area contributed by atoms with Gasteiger partial charge in [0.1, 0.15) is 35.4 Å². The third-order valence-electron chi connectivity index (χ3n) is 8.89. The molecule has 0 bridgehead atoms. The first-order valence-electron chi connectivity index (χ1n) is 18.1. The number of hydrogen-bond donors (Lipinski definition) is 7. The summed E-state index contributed by atoms with van der Waals surface area (Å²) in [5.41, 5.74) is -0.241. The molecule has 23 nitrogen and oxygen atoms in total. The number of hydrogen-bond acceptors (Lipinski definition) is 19. The van der Waals surface area contributed by atoms with Gasteiger partial charge in [-0.1, -0.05) is 6.07 Å². The van der Waals surface area contributed by atoms with Gasteiger partial charge in [-0.3, -0.25) is 28.3 Å². The number of aromatic carboxylic acids is 1. The summed E-state index contributed by atoms with van der Waals surface area (Å²) in [6.45, 7) is -1.63. The van der Waals surface area contributed by atoms with Gasteiger partial charge < -0.3 is 68.5 Å². The molecule has 6 rings (SSSR count). The van der Waals surface area contributed by atoms with Gasteiger partial charge in [0.15, 0.2) is 16.8 Å². The van der Waals surface area contributed by atoms with Crippen molar-refractivity contribution in [3.63, 3.8) is 0 Å². The van der Waals surface area contributed by atoms with E-state index >= 15 is 0 Å². The number of H-pyrrole nitrogens is 1. The summed E-state index contributed by atoms with van der Waals surface area (Å²) in [6, 6.07) is 14.1. The Kier molecular flexibility index (Phi) is 14.9. The molecule has 26 heteroatoms. The number of carbonyl (C=O) groups is 1. The van der Waals surface area contributed by atoms with Gasteiger partial charge in [-0.25, -0.2) is 13.9 Å². The molecule has 0 amide bonds. The first-order valence-corrected chi connectivity index (χ1v) is 21.5. The summed E-state index contributed by atoms with van der Waals surface area (Å²) in [7, 11) is -11.1. The van der Waals surface area contributed by atoms with Gasteiger partial charge in [-0.15, -0.1) is 0 Å². The monoisotopic (exact) mass is 922 g/mol. The molecule has 1 fully saturated rings. The fourth-order valence-electron chi connectivity index (χ4n) is 6.17. The Morgan fingerprint density at radius 3 is 2.34 bits per heavy atom. The highest BCUT2D eigenvalue weighted by Crippen LogP contribution is 2.55. The summed E-state index contributed by atoms with van der Waals surface area (Å²) in [4.78, 5) is 74.0. The number of phosphoric ester groups is 2. The first-order chi connectivity index (χ1) is 29.4. The zero-order valence-electron chi connectivity index (χ0n) is 31.8. The molecule has 3 aromatic rings. The Labute approximate surface area is 353 Å². The number of aromatic amines is 1. The molecule has 3 aliphatic rings. The van der Waals surface area contributed by atoms with E-state index in [0.29, 0.717) is 27.8 Å². The van der Waals surface area contributed by atoms with E-state index in [2.05, 4.69) is 24.0 Å². The van der Waals surface area contributed by atoms with Crippen molar-refractivity contribution in [1.29, 1.82) is 0 Å². The summed E-state index contributed by atoms with van der Waals surface area (Å²) in [6.07, 6.45) is -5.68. The number of thiocarbonyl (C=S) groups is 1. The van der Waals surface area contributed by atoms with Crippen LogP contribution in [-0.4, -0.2) is 106 Å². The van der Waals surface area contributed by atoms with E-state index < -0.39 is 70.6 Å². The number of carboxylic acid groups (broad SMARTS) is 1. The van der Waals surface area contributed by atoms with Crippen molar-refractivity contribution in [3.8, 4) is 28.2 Å². The van der Waals surface area contributed by atoms with E-state index in [4.69, 9.17) is 30.8 Å². The van der Waals surface area contributed by atoms with Gasteiger partial charge >= 0.3 is 11.7 Å². The molecule has 0 spiro atoms. The average molecular weight is 923 g/mol. The molecule has 332 valence electrons. The SMILES string of the molecule is O=C(O)c1cc(NC(=S)NCCOCCOCCOP(=O)([O-])OP(=O)([O-])OCC2OC(n3ccc(=O)[nH]c3=O)C(O)C2O)ccc1-c1c2ccc(=O)cc-2oc2cc(O)ccc12. The molecule has 0 saturated carbocycles. The van der Waals surface area contributed by atoms with Crippen LogP contribution in [0.25, 0.3) is 33.4 Å². The maximum atomic E-state index is 12.5. The van der Waals surface area contributed by atoms with Crippen LogP contribution in [-0.2, 0) is 36.7 Å². The number of benzene rings is 3. The number of carboxylic acids is 1. The second kappa shape index (κ2) is 19.9. The fourth-order valence-corrected chi connectivity index (χ4v) is 8.37. The number of nitrogens with zero attached hydrogens (tertiary/aromatic N) is 1. The molecule has 2 aliphatic heterocycles. The smallest absolute Gasteiger partial charge is 0.336 e. The van der Waals surface area contributed by atoms with Gasteiger partial charge in [-0.2, -0.15) is 0 Å². The standard InChI is InChI=1S/C36H38N4O19P2S/c41-20-2-5-23-26(16-20)57-27-17-21(42)3-6-24(27)30(23)22-4-1-19(15-25(22)34(46)47)38-35(62)37-8-10-53-11-12-54-13-14-55-60(49,50)59-61(51,52)56-18-28-31(44)32(45)33(58-28)40-9-7-29(43)39-36(40)48/h1-7,9,15-17,28,31-33,41,44-45H,8,10-14,18H2,(H,46,47)(H,49,50)(H,51,52)(H2,37,38,62)(H,39,43,48)/p-2. The highest BCUT2D eigenvalue weighted by atomic mass is 32.1. The van der Waals surface area contributed by atoms with Gasteiger partial charge in [-0.05, 0) is 54.2 Å². The lowest BCUT2D eigenvalue weighted by molar-refractivity contribution is -0.245. The van der Waals surface area contributed by atoms with Crippen LogP contribution in [0.3, 0.4) is 0 Å². The molecule has 62 heavy (non-hydrogen) atoms. The minimum Gasteiger partial charge on any atom is -0.756 e. The lowest BCUT2D eigenvalue weighted by atomic mass is 9.90. The molecule has 2 aromatic carbocycles. The summed E-state index contributed by atoms with van der Waals surface area (Å²) >= 11 is 5.33. The molecule has 1 saturated heterocycles. The van der Waals surface area contributed by atoms with Crippen LogP contribution in [0.2, 0.25) is 0 Å². The highest BCUT2D eigenvalue weighted by Gasteiger charge is 2.44. The molecular formula is C36H36N4O19P2S-2. The Bertz CT molecular complexity index is 2690. The molecule has 7 N–H and O–H groups in total. The normalized spacial score (nSPS) is 19.5. The third-order valence-corrected chi connectivity index (χ3v) is 11.7. The van der Waals surface area contributed by atoms with Gasteiger partial charge in [0, 0.05) is 53.1 Å². The van der Waals surface area contributed by atoms with Crippen molar-refractivity contribution in [1.82, 2.24) is 14.9 Å². The number of phenolic OH excluding ortho intramolecular Hbond substituents is 1. The number of ether oxygens (including phenoxy) is 3. The molecular weight excluding hydrogens is 886 g/mol. The van der Waals surface area contributed by atoms with Crippen molar-refractivity contribution < 1.29 is 76.1 Å². The van der Waals surface area contributed by atoms with E-state index in [1.54, 1.807) is 24.3 Å². The van der Waals surface area contributed by atoms with Crippen molar-refractivity contribution in [3.05, 3.63) is 103 Å². The fraction of sp³-hybridized carbons (Fsp3) is 0.306. The van der Waals surface area contributed by atoms with Crippen molar-refractivity contribution >= 4 is 55.6 Å². The van der Waals surface area contributed by atoms with Crippen LogP contribution in [0.4, 0.5) is 5.69 Å². The zero-order valence-corrected chi connectivity index (χ0v) is 34.4. The van der Waals surface area contributed by atoms with E-state index in [1.165, 1.54) is 30.3 Å². The maximum Gasteiger partial charge on any atom is 0.336 e. The second-order valence-electron chi connectivity index (χ2n) is 13.2. The number of aliphatic hydroxyl groups excluding tert-OH is 2. The quantitative estimate of drug-likeness (QED) is 0.0256. The van der Waals surface area contributed by atoms with Gasteiger partial charge in [0.25, 0.3) is 21.2 Å². The van der Waals surface area contributed by atoms with Crippen LogP contribution >= 0.6 is 27.9 Å². The Morgan fingerprint density at radius 2 is 1.60 bits per heavy atom. The summed E-state index contributed by atoms with van der Waals surface area (Å²) in [5, 5.41) is 47.1. The molecule has 6 unspecified atom stereocenters. The molecule has 3 heterocycles. The Balaban J connectivity index is 0.885. The largest absolute Gasteiger partial charge is 0.756 e. The summed E-state index contributed by atoms with van der Waals surface area (Å²) < 4.78 is 59.7. The number of fused-ring (bicyclic) bond motifs is 2. The minimum atomic E-state index is -5.62. The molecule has 1 aromatic heterocycles. The number of aromatic nitrogens is 2. The van der Waals surface area contributed by atoms with Crippen molar-refractivity contribution in [2.45, 2.75) is 24.5 Å². The van der Waals surface area contributed by atoms with Crippen LogP contribution < -0.4 is 37.1 Å². The number of anilines is 1. The zero-order chi connectivity index (χ0) is 44.8. The number of phosphoric acid groups is 2. The van der Waals surface area contributed by atoms with E-state index in [-0.39, 0.29) is 66.2 Å². The number of phenols is 1. The number of aromatic hydroxyl groups is 1. The lowest BCUT2D eigenvalue weighted by Gasteiger charge is -2.31. The molecule has 1 aliphatic carbocycles. The second-order valence-corrected chi connectivity index (χ2v) is 16.5. The number of aliphatic hydroxyl groups is 2. The third kappa shape index (κ3) is 11.6. The lowest BCUT2D eigenvalue weighted by Crippen LogP contribution is -2.37. The van der Waals surface area contributed by atoms with Gasteiger partial charge in [0.05, 0.1) is 45.2 Å². The molecule has 6 atom stereocenters. The number of nitrogens with one attached hydrogen (secondary N) is 3. The average Bonchev–Trinajstić information content (AvgIpc) is 3.48. The maximum absolute atomic E-state index is 12.5. The van der Waals surface area contributed by atoms with E-state index in [0.717, 1.165) is 16.8 Å². The molecule has 0 radical (unpaired) electrons. The van der Waals surface area contributed by atoms with E-state index in [9.17, 15) is 58.5 Å². The Morgan fingerprint density at radius 1 is 0.887 bits per heavy atom. The topological polar surface area (TPSA) is 343 Å². The van der Waals surface area contributed by atoms with Crippen molar-refractivity contribution in [2.24, 2.45) is 0 Å². The van der Waals surface area contributed by atoms with Crippen LogP contribution in [0.15, 0.2) is 85.7 Å². The van der Waals surface area contributed by atoms with Gasteiger partial charge in [0.2, 0.25) is 0 Å².